The van der Waals surface area contributed by atoms with Crippen molar-refractivity contribution in [2.45, 2.75) is 34.2 Å². The van der Waals surface area contributed by atoms with Crippen LogP contribution in [0.15, 0.2) is 23.2 Å². The molecule has 2 rings (SSSR count). The Balaban J connectivity index is 2.06. The summed E-state index contributed by atoms with van der Waals surface area (Å²) in [6, 6.07) is 5.93. The average Bonchev–Trinajstić information content (AvgIpc) is 3.06. The lowest BCUT2D eigenvalue weighted by atomic mass is 9.92. The number of benzene rings is 1. The molecule has 1 aromatic rings. The second-order valence-corrected chi connectivity index (χ2v) is 6.96. The van der Waals surface area contributed by atoms with Crippen LogP contribution in [-0.4, -0.2) is 50.2 Å². The summed E-state index contributed by atoms with van der Waals surface area (Å²) in [5.41, 5.74) is 0.543. The molecule has 7 nitrogen and oxygen atoms in total. The van der Waals surface area contributed by atoms with Crippen LogP contribution in [-0.2, 0) is 11.3 Å². The molecule has 0 fully saturated rings. The highest BCUT2D eigenvalue weighted by atomic mass is 16.7. The van der Waals surface area contributed by atoms with Gasteiger partial charge in [-0.05, 0) is 45.4 Å². The van der Waals surface area contributed by atoms with Crippen LogP contribution in [0, 0.1) is 5.41 Å². The van der Waals surface area contributed by atoms with Gasteiger partial charge in [0.15, 0.2) is 17.5 Å². The fourth-order valence-corrected chi connectivity index (χ4v) is 2.60. The van der Waals surface area contributed by atoms with Gasteiger partial charge in [-0.2, -0.15) is 0 Å². The number of aliphatic imine (C=N–C) groups is 1. The van der Waals surface area contributed by atoms with Crippen LogP contribution in [0.2, 0.25) is 0 Å². The molecule has 0 radical (unpaired) electrons. The molecule has 1 aromatic carbocycles. The number of nitrogens with one attached hydrogen (secondary N) is 2. The third kappa shape index (κ3) is 5.03. The van der Waals surface area contributed by atoms with Crippen molar-refractivity contribution in [2.24, 2.45) is 10.4 Å². The molecular weight excluding hydrogens is 332 g/mol. The van der Waals surface area contributed by atoms with Gasteiger partial charge in [-0.3, -0.25) is 9.79 Å². The number of guanidine groups is 1. The van der Waals surface area contributed by atoms with E-state index in [0.29, 0.717) is 19.6 Å². The van der Waals surface area contributed by atoms with E-state index in [4.69, 9.17) is 9.47 Å². The van der Waals surface area contributed by atoms with E-state index < -0.39 is 5.41 Å². The zero-order valence-corrected chi connectivity index (χ0v) is 16.4. The van der Waals surface area contributed by atoms with E-state index in [1.54, 1.807) is 0 Å². The summed E-state index contributed by atoms with van der Waals surface area (Å²) in [7, 11) is 1.98. The molecule has 0 saturated heterocycles. The SMILES string of the molecule is CCNC(=O)C(C)(C)CN=C(NCC)N(C)Cc1ccc2c(c1)OCO2. The van der Waals surface area contributed by atoms with Crippen LogP contribution in [0.1, 0.15) is 33.3 Å². The maximum atomic E-state index is 12.2. The molecule has 0 unspecified atom stereocenters. The molecule has 2 N–H and O–H groups in total. The monoisotopic (exact) mass is 362 g/mol. The van der Waals surface area contributed by atoms with Crippen LogP contribution < -0.4 is 20.1 Å². The van der Waals surface area contributed by atoms with E-state index in [0.717, 1.165) is 29.6 Å². The van der Waals surface area contributed by atoms with Crippen LogP contribution >= 0.6 is 0 Å². The van der Waals surface area contributed by atoms with Crippen molar-refractivity contribution in [3.05, 3.63) is 23.8 Å². The Hall–Kier alpha value is -2.44. The zero-order chi connectivity index (χ0) is 19.2. The van der Waals surface area contributed by atoms with E-state index in [1.807, 2.05) is 57.8 Å². The van der Waals surface area contributed by atoms with E-state index >= 15 is 0 Å². The first-order valence-electron chi connectivity index (χ1n) is 9.03. The minimum absolute atomic E-state index is 0.0121. The molecule has 144 valence electrons. The number of nitrogens with zero attached hydrogens (tertiary/aromatic N) is 2. The average molecular weight is 362 g/mol. The molecule has 0 atom stereocenters. The summed E-state index contributed by atoms with van der Waals surface area (Å²) in [4.78, 5) is 18.9. The Morgan fingerprint density at radius 2 is 1.88 bits per heavy atom. The van der Waals surface area contributed by atoms with Gasteiger partial charge in [0.25, 0.3) is 0 Å². The lowest BCUT2D eigenvalue weighted by molar-refractivity contribution is -0.128. The number of rotatable bonds is 7. The lowest BCUT2D eigenvalue weighted by Crippen LogP contribution is -2.42. The molecule has 0 saturated carbocycles. The topological polar surface area (TPSA) is 75.2 Å². The van der Waals surface area contributed by atoms with Gasteiger partial charge >= 0.3 is 0 Å². The van der Waals surface area contributed by atoms with Gasteiger partial charge < -0.3 is 25.0 Å². The first-order valence-corrected chi connectivity index (χ1v) is 9.03. The predicted molar refractivity (Wildman–Crippen MR) is 102 cm³/mol. The van der Waals surface area contributed by atoms with E-state index in [-0.39, 0.29) is 12.7 Å². The Morgan fingerprint density at radius 1 is 1.19 bits per heavy atom. The maximum absolute atomic E-state index is 12.2. The molecule has 26 heavy (non-hydrogen) atoms. The molecule has 0 aliphatic carbocycles. The minimum atomic E-state index is -0.559. The number of carbonyl (C=O) groups is 1. The molecule has 7 heteroatoms. The molecule has 1 heterocycles. The number of hydrogen-bond donors (Lipinski definition) is 2. The summed E-state index contributed by atoms with van der Waals surface area (Å²) in [5, 5.41) is 6.15. The van der Waals surface area contributed by atoms with Gasteiger partial charge in [0, 0.05) is 26.7 Å². The molecule has 0 bridgehead atoms. The van der Waals surface area contributed by atoms with E-state index in [2.05, 4.69) is 15.6 Å². The van der Waals surface area contributed by atoms with Gasteiger partial charge in [0.05, 0.1) is 12.0 Å². The number of fused-ring (bicyclic) bond motifs is 1. The van der Waals surface area contributed by atoms with Crippen LogP contribution in [0.25, 0.3) is 0 Å². The minimum Gasteiger partial charge on any atom is -0.454 e. The Morgan fingerprint density at radius 3 is 2.58 bits per heavy atom. The molecular formula is C19H30N4O3. The van der Waals surface area contributed by atoms with Crippen molar-refractivity contribution in [1.82, 2.24) is 15.5 Å². The second-order valence-electron chi connectivity index (χ2n) is 6.96. The fraction of sp³-hybridized carbons (Fsp3) is 0.579. The van der Waals surface area contributed by atoms with Crippen molar-refractivity contribution in [3.8, 4) is 11.5 Å². The quantitative estimate of drug-likeness (QED) is 0.573. The first kappa shape index (κ1) is 19.9. The van der Waals surface area contributed by atoms with Crippen molar-refractivity contribution in [2.75, 3.05) is 33.5 Å². The van der Waals surface area contributed by atoms with Crippen molar-refractivity contribution in [3.63, 3.8) is 0 Å². The van der Waals surface area contributed by atoms with Gasteiger partial charge in [-0.25, -0.2) is 0 Å². The normalized spacial score (nSPS) is 13.5. The van der Waals surface area contributed by atoms with E-state index in [9.17, 15) is 4.79 Å². The fourth-order valence-electron chi connectivity index (χ4n) is 2.60. The lowest BCUT2D eigenvalue weighted by Gasteiger charge is -2.25. The van der Waals surface area contributed by atoms with Gasteiger partial charge in [0.2, 0.25) is 12.7 Å². The van der Waals surface area contributed by atoms with E-state index in [1.165, 1.54) is 0 Å². The molecule has 1 aliphatic rings. The van der Waals surface area contributed by atoms with Gasteiger partial charge in [-0.1, -0.05) is 6.07 Å². The predicted octanol–water partition coefficient (Wildman–Crippen LogP) is 1.97. The molecule has 1 aliphatic heterocycles. The maximum Gasteiger partial charge on any atom is 0.231 e. The number of amides is 1. The summed E-state index contributed by atoms with van der Waals surface area (Å²) in [6.07, 6.45) is 0. The highest BCUT2D eigenvalue weighted by molar-refractivity contribution is 5.83. The molecule has 0 aromatic heterocycles. The van der Waals surface area contributed by atoms with Crippen LogP contribution in [0.5, 0.6) is 11.5 Å². The second kappa shape index (κ2) is 8.78. The Kier molecular flexibility index (Phi) is 6.71. The first-order chi connectivity index (χ1) is 12.4. The summed E-state index contributed by atoms with van der Waals surface area (Å²) >= 11 is 0. The van der Waals surface area contributed by atoms with Crippen molar-refractivity contribution in [1.29, 1.82) is 0 Å². The van der Waals surface area contributed by atoms with Gasteiger partial charge in [0.1, 0.15) is 0 Å². The smallest absolute Gasteiger partial charge is 0.231 e. The summed E-state index contributed by atoms with van der Waals surface area (Å²) in [5.74, 6) is 2.33. The van der Waals surface area contributed by atoms with Crippen molar-refractivity contribution >= 4 is 11.9 Å². The zero-order valence-electron chi connectivity index (χ0n) is 16.4. The van der Waals surface area contributed by atoms with Crippen LogP contribution in [0.3, 0.4) is 0 Å². The third-order valence-corrected chi connectivity index (χ3v) is 4.13. The number of hydrogen-bond acceptors (Lipinski definition) is 4. The van der Waals surface area contributed by atoms with Crippen LogP contribution in [0.4, 0.5) is 0 Å². The number of carbonyl (C=O) groups excluding carboxylic acids is 1. The highest BCUT2D eigenvalue weighted by Gasteiger charge is 2.27. The summed E-state index contributed by atoms with van der Waals surface area (Å²) in [6.45, 7) is 10.5. The molecule has 0 spiro atoms. The highest BCUT2D eigenvalue weighted by Crippen LogP contribution is 2.32. The number of ether oxygens (including phenoxy) is 2. The van der Waals surface area contributed by atoms with Crippen molar-refractivity contribution < 1.29 is 14.3 Å². The van der Waals surface area contributed by atoms with Gasteiger partial charge in [-0.15, -0.1) is 0 Å². The standard InChI is InChI=1S/C19H30N4O3/c1-6-20-17(24)19(3,4)12-22-18(21-7-2)23(5)11-14-8-9-15-16(10-14)26-13-25-15/h8-10H,6-7,11-13H2,1-5H3,(H,20,24)(H,21,22). The largest absolute Gasteiger partial charge is 0.454 e. The molecule has 1 amide bonds. The Bertz CT molecular complexity index is 658. The summed E-state index contributed by atoms with van der Waals surface area (Å²) < 4.78 is 10.8. The Labute approximate surface area is 155 Å². The third-order valence-electron chi connectivity index (χ3n) is 4.13.